The summed E-state index contributed by atoms with van der Waals surface area (Å²) in [6, 6.07) is 0.212. The first-order valence-corrected chi connectivity index (χ1v) is 5.91. The summed E-state index contributed by atoms with van der Waals surface area (Å²) in [7, 11) is 1.92. The zero-order valence-corrected chi connectivity index (χ0v) is 9.72. The van der Waals surface area contributed by atoms with Gasteiger partial charge in [-0.1, -0.05) is 6.42 Å². The topological polar surface area (TPSA) is 60.9 Å². The molecule has 2 unspecified atom stereocenters. The van der Waals surface area contributed by atoms with E-state index in [-0.39, 0.29) is 12.0 Å². The number of hydrogen-bond donors (Lipinski definition) is 1. The second kappa shape index (κ2) is 4.78. The van der Waals surface area contributed by atoms with Crippen LogP contribution in [0.25, 0.3) is 0 Å². The number of carbonyl (C=O) groups excluding carboxylic acids is 1. The summed E-state index contributed by atoms with van der Waals surface area (Å²) in [6.45, 7) is 0. The molecule has 1 saturated carbocycles. The number of nitrogens with two attached hydrogens (primary N) is 1. The van der Waals surface area contributed by atoms with Gasteiger partial charge in [0, 0.05) is 31.4 Å². The van der Waals surface area contributed by atoms with E-state index in [0.29, 0.717) is 12.2 Å². The van der Waals surface area contributed by atoms with E-state index in [4.69, 9.17) is 5.73 Å². The van der Waals surface area contributed by atoms with Crippen LogP contribution < -0.4 is 5.73 Å². The maximum Gasteiger partial charge on any atom is 0.143 e. The van der Waals surface area contributed by atoms with E-state index in [2.05, 4.69) is 4.98 Å². The van der Waals surface area contributed by atoms with Crippen molar-refractivity contribution in [2.45, 2.75) is 38.1 Å². The Hall–Kier alpha value is -1.16. The number of carbonyl (C=O) groups is 1. The maximum absolute atomic E-state index is 12.1. The molecule has 1 aliphatic rings. The highest BCUT2D eigenvalue weighted by Gasteiger charge is 2.25. The van der Waals surface area contributed by atoms with Crippen LogP contribution in [-0.4, -0.2) is 21.4 Å². The Labute approximate surface area is 95.9 Å². The summed E-state index contributed by atoms with van der Waals surface area (Å²) in [6.07, 6.45) is 8.04. The van der Waals surface area contributed by atoms with Gasteiger partial charge in [0.2, 0.25) is 0 Å². The fraction of sp³-hybridized carbons (Fsp3) is 0.667. The molecular formula is C12H19N3O. The molecule has 2 atom stereocenters. The molecular weight excluding hydrogens is 202 g/mol. The smallest absolute Gasteiger partial charge is 0.143 e. The quantitative estimate of drug-likeness (QED) is 0.830. The number of imidazole rings is 1. The van der Waals surface area contributed by atoms with Crippen molar-refractivity contribution in [2.75, 3.05) is 0 Å². The first-order valence-electron chi connectivity index (χ1n) is 5.91. The number of nitrogens with zero attached hydrogens (tertiary/aromatic N) is 2. The summed E-state index contributed by atoms with van der Waals surface area (Å²) >= 11 is 0. The molecule has 4 heteroatoms. The van der Waals surface area contributed by atoms with Crippen molar-refractivity contribution in [3.05, 3.63) is 18.2 Å². The molecule has 0 saturated heterocycles. The van der Waals surface area contributed by atoms with Gasteiger partial charge in [0.25, 0.3) is 0 Å². The number of hydrogen-bond acceptors (Lipinski definition) is 3. The molecule has 0 amide bonds. The van der Waals surface area contributed by atoms with Gasteiger partial charge in [0.15, 0.2) is 0 Å². The van der Waals surface area contributed by atoms with Crippen LogP contribution in [0.2, 0.25) is 0 Å². The van der Waals surface area contributed by atoms with E-state index < -0.39 is 0 Å². The second-order valence-corrected chi connectivity index (χ2v) is 4.72. The number of Topliss-reactive ketones (excluding diaryl/α,β-unsaturated/α-hetero) is 1. The van der Waals surface area contributed by atoms with Crippen LogP contribution in [-0.2, 0) is 18.3 Å². The van der Waals surface area contributed by atoms with Gasteiger partial charge in [-0.3, -0.25) is 4.79 Å². The Morgan fingerprint density at radius 2 is 2.44 bits per heavy atom. The number of ketones is 1. The van der Waals surface area contributed by atoms with Gasteiger partial charge < -0.3 is 10.3 Å². The number of rotatable bonds is 3. The highest BCUT2D eigenvalue weighted by Crippen LogP contribution is 2.24. The van der Waals surface area contributed by atoms with Crippen molar-refractivity contribution in [1.82, 2.24) is 9.55 Å². The van der Waals surface area contributed by atoms with Crippen molar-refractivity contribution in [2.24, 2.45) is 18.7 Å². The summed E-state index contributed by atoms with van der Waals surface area (Å²) < 4.78 is 1.90. The Kier molecular flexibility index (Phi) is 3.39. The molecule has 16 heavy (non-hydrogen) atoms. The summed E-state index contributed by atoms with van der Waals surface area (Å²) in [5.41, 5.74) is 5.89. The van der Waals surface area contributed by atoms with Crippen LogP contribution >= 0.6 is 0 Å². The lowest BCUT2D eigenvalue weighted by atomic mass is 9.82. The van der Waals surface area contributed by atoms with Gasteiger partial charge in [-0.25, -0.2) is 4.98 Å². The van der Waals surface area contributed by atoms with Gasteiger partial charge in [-0.05, 0) is 19.3 Å². The third kappa shape index (κ3) is 2.50. The van der Waals surface area contributed by atoms with Crippen LogP contribution in [0.4, 0.5) is 0 Å². The van der Waals surface area contributed by atoms with Crippen LogP contribution in [0.15, 0.2) is 12.4 Å². The predicted octanol–water partition coefficient (Wildman–Crippen LogP) is 1.05. The lowest BCUT2D eigenvalue weighted by Crippen LogP contribution is -2.32. The third-order valence-corrected chi connectivity index (χ3v) is 3.42. The fourth-order valence-corrected chi connectivity index (χ4v) is 2.39. The van der Waals surface area contributed by atoms with E-state index >= 15 is 0 Å². The SMILES string of the molecule is Cn1ccnc1CC(=O)C1CCCC(N)C1. The molecule has 1 heterocycles. The van der Waals surface area contributed by atoms with Crippen molar-refractivity contribution in [3.8, 4) is 0 Å². The van der Waals surface area contributed by atoms with Crippen molar-refractivity contribution < 1.29 is 4.79 Å². The van der Waals surface area contributed by atoms with Gasteiger partial charge in [0.1, 0.15) is 11.6 Å². The van der Waals surface area contributed by atoms with Crippen LogP contribution in [0.1, 0.15) is 31.5 Å². The van der Waals surface area contributed by atoms with Crippen LogP contribution in [0.3, 0.4) is 0 Å². The Morgan fingerprint density at radius 3 is 3.06 bits per heavy atom. The van der Waals surface area contributed by atoms with Crippen LogP contribution in [0.5, 0.6) is 0 Å². The average molecular weight is 221 g/mol. The Balaban J connectivity index is 1.95. The van der Waals surface area contributed by atoms with E-state index in [1.54, 1.807) is 6.20 Å². The van der Waals surface area contributed by atoms with E-state index in [1.807, 2.05) is 17.8 Å². The van der Waals surface area contributed by atoms with Crippen molar-refractivity contribution in [3.63, 3.8) is 0 Å². The largest absolute Gasteiger partial charge is 0.338 e. The summed E-state index contributed by atoms with van der Waals surface area (Å²) in [4.78, 5) is 16.2. The minimum atomic E-state index is 0.153. The number of aryl methyl sites for hydroxylation is 1. The van der Waals surface area contributed by atoms with Crippen molar-refractivity contribution in [1.29, 1.82) is 0 Å². The lowest BCUT2D eigenvalue weighted by molar-refractivity contribution is -0.123. The zero-order chi connectivity index (χ0) is 11.5. The molecule has 1 fully saturated rings. The third-order valence-electron chi connectivity index (χ3n) is 3.42. The average Bonchev–Trinajstić information content (AvgIpc) is 2.64. The number of aromatic nitrogens is 2. The lowest BCUT2D eigenvalue weighted by Gasteiger charge is -2.25. The minimum absolute atomic E-state index is 0.153. The van der Waals surface area contributed by atoms with Gasteiger partial charge in [0.05, 0.1) is 6.42 Å². The first-order chi connectivity index (χ1) is 7.66. The van der Waals surface area contributed by atoms with Crippen LogP contribution in [0, 0.1) is 5.92 Å². The predicted molar refractivity (Wildman–Crippen MR) is 61.9 cm³/mol. The normalized spacial score (nSPS) is 25.6. The highest BCUT2D eigenvalue weighted by atomic mass is 16.1. The molecule has 4 nitrogen and oxygen atoms in total. The van der Waals surface area contributed by atoms with Gasteiger partial charge in [-0.2, -0.15) is 0 Å². The molecule has 1 aromatic rings. The highest BCUT2D eigenvalue weighted by molar-refractivity contribution is 5.82. The van der Waals surface area contributed by atoms with Gasteiger partial charge >= 0.3 is 0 Å². The molecule has 1 aromatic heterocycles. The first kappa shape index (κ1) is 11.3. The minimum Gasteiger partial charge on any atom is -0.338 e. The van der Waals surface area contributed by atoms with Gasteiger partial charge in [-0.15, -0.1) is 0 Å². The molecule has 1 aliphatic carbocycles. The van der Waals surface area contributed by atoms with E-state index in [9.17, 15) is 4.79 Å². The summed E-state index contributed by atoms with van der Waals surface area (Å²) in [5, 5.41) is 0. The molecule has 88 valence electrons. The molecule has 2 N–H and O–H groups in total. The molecule has 0 aromatic carbocycles. The molecule has 2 rings (SSSR count). The fourth-order valence-electron chi connectivity index (χ4n) is 2.39. The molecule has 0 spiro atoms. The molecule has 0 radical (unpaired) electrons. The second-order valence-electron chi connectivity index (χ2n) is 4.72. The molecule has 0 bridgehead atoms. The van der Waals surface area contributed by atoms with E-state index in [0.717, 1.165) is 31.5 Å². The molecule has 0 aliphatic heterocycles. The Morgan fingerprint density at radius 1 is 1.62 bits per heavy atom. The Bertz CT molecular complexity index is 372. The zero-order valence-electron chi connectivity index (χ0n) is 9.72. The standard InChI is InChI=1S/C12H19N3O/c1-15-6-5-14-12(15)8-11(16)9-3-2-4-10(13)7-9/h5-6,9-10H,2-4,7-8,13H2,1H3. The monoisotopic (exact) mass is 221 g/mol. The van der Waals surface area contributed by atoms with Crippen molar-refractivity contribution >= 4 is 5.78 Å². The maximum atomic E-state index is 12.1. The van der Waals surface area contributed by atoms with E-state index in [1.165, 1.54) is 0 Å². The summed E-state index contributed by atoms with van der Waals surface area (Å²) in [5.74, 6) is 1.30.